The second kappa shape index (κ2) is 8.53. The molecule has 10 heteroatoms. The molecule has 0 unspecified atom stereocenters. The Morgan fingerprint density at radius 1 is 1.23 bits per heavy atom. The number of sulfone groups is 1. The highest BCUT2D eigenvalue weighted by molar-refractivity contribution is 7.90. The minimum Gasteiger partial charge on any atom is -0.294 e. The minimum atomic E-state index is -3.24. The zero-order valence-electron chi connectivity index (χ0n) is 16.7. The monoisotopic (exact) mass is 448 g/mol. The molecule has 3 rings (SSSR count). The molecular formula is C20H21ClN4O4S. The van der Waals surface area contributed by atoms with Gasteiger partial charge in [0.1, 0.15) is 15.5 Å². The smallest absolute Gasteiger partial charge is 0.282 e. The Bertz CT molecular complexity index is 1250. The first kappa shape index (κ1) is 21.9. The quantitative estimate of drug-likeness (QED) is 0.514. The Hall–Kier alpha value is -2.78. The van der Waals surface area contributed by atoms with Crippen molar-refractivity contribution in [2.45, 2.75) is 13.3 Å². The Morgan fingerprint density at radius 3 is 2.47 bits per heavy atom. The largest absolute Gasteiger partial charge is 0.294 e. The molecule has 0 saturated heterocycles. The molecule has 1 atom stereocenters. The molecule has 0 N–H and O–H groups in total. The topological polar surface area (TPSA) is 104 Å². The van der Waals surface area contributed by atoms with Gasteiger partial charge in [-0.2, -0.15) is 14.9 Å². The van der Waals surface area contributed by atoms with Gasteiger partial charge in [-0.15, -0.1) is 0 Å². The zero-order chi connectivity index (χ0) is 22.1. The lowest BCUT2D eigenvalue weighted by atomic mass is 10.0. The van der Waals surface area contributed by atoms with Gasteiger partial charge in [-0.3, -0.25) is 14.3 Å². The molecule has 3 aromatic rings. The van der Waals surface area contributed by atoms with Crippen molar-refractivity contribution in [1.29, 1.82) is 0 Å². The number of Topliss-reactive ketones (excluding diaryl/α,β-unsaturated/α-hetero) is 1. The molecule has 0 bridgehead atoms. The molecule has 0 aliphatic carbocycles. The predicted octanol–water partition coefficient (Wildman–Crippen LogP) is 2.54. The van der Waals surface area contributed by atoms with Gasteiger partial charge in [-0.25, -0.2) is 8.42 Å². The summed E-state index contributed by atoms with van der Waals surface area (Å²) >= 11 is 5.96. The zero-order valence-corrected chi connectivity index (χ0v) is 18.3. The first-order valence-electron chi connectivity index (χ1n) is 9.14. The Balaban J connectivity index is 2.09. The van der Waals surface area contributed by atoms with Gasteiger partial charge in [-0.05, 0) is 24.1 Å². The third-order valence-electron chi connectivity index (χ3n) is 4.41. The molecule has 0 saturated carbocycles. The molecule has 2 aromatic heterocycles. The average Bonchev–Trinajstić information content (AvgIpc) is 3.07. The summed E-state index contributed by atoms with van der Waals surface area (Å²) in [4.78, 5) is 25.9. The summed E-state index contributed by atoms with van der Waals surface area (Å²) in [6.45, 7) is 1.67. The van der Waals surface area contributed by atoms with Crippen LogP contribution >= 0.6 is 11.6 Å². The van der Waals surface area contributed by atoms with Crippen molar-refractivity contribution in [3.8, 4) is 16.9 Å². The SMILES string of the molecule is C[C@H](CC(=O)c1cc(-c2ccc(Cl)cc2)nn(-c2cnn(C)c2)c1=O)CS(C)(=O)=O. The van der Waals surface area contributed by atoms with Crippen molar-refractivity contribution in [2.75, 3.05) is 12.0 Å². The number of carbonyl (C=O) groups excluding carboxylic acids is 1. The van der Waals surface area contributed by atoms with Gasteiger partial charge >= 0.3 is 0 Å². The Morgan fingerprint density at radius 2 is 1.90 bits per heavy atom. The predicted molar refractivity (Wildman–Crippen MR) is 115 cm³/mol. The molecule has 30 heavy (non-hydrogen) atoms. The van der Waals surface area contributed by atoms with Crippen LogP contribution in [0.4, 0.5) is 0 Å². The van der Waals surface area contributed by atoms with E-state index in [1.807, 2.05) is 0 Å². The van der Waals surface area contributed by atoms with Gasteiger partial charge in [0.25, 0.3) is 5.56 Å². The van der Waals surface area contributed by atoms with E-state index in [-0.39, 0.29) is 17.7 Å². The van der Waals surface area contributed by atoms with Crippen LogP contribution in [0.3, 0.4) is 0 Å². The summed E-state index contributed by atoms with van der Waals surface area (Å²) in [5.41, 5.74) is 0.859. The second-order valence-electron chi connectivity index (χ2n) is 7.36. The Kier molecular flexibility index (Phi) is 6.23. The van der Waals surface area contributed by atoms with Crippen molar-refractivity contribution in [2.24, 2.45) is 13.0 Å². The van der Waals surface area contributed by atoms with Gasteiger partial charge in [-0.1, -0.05) is 30.7 Å². The summed E-state index contributed by atoms with van der Waals surface area (Å²) in [6, 6.07) is 8.29. The summed E-state index contributed by atoms with van der Waals surface area (Å²) in [5.74, 6) is -0.998. The van der Waals surface area contributed by atoms with E-state index in [1.54, 1.807) is 44.4 Å². The molecule has 2 heterocycles. The first-order chi connectivity index (χ1) is 14.0. The Labute approximate surface area is 179 Å². The molecule has 0 amide bonds. The average molecular weight is 449 g/mol. The van der Waals surface area contributed by atoms with E-state index in [2.05, 4.69) is 10.2 Å². The fourth-order valence-electron chi connectivity index (χ4n) is 3.15. The molecule has 0 aliphatic rings. The van der Waals surface area contributed by atoms with Crippen LogP contribution in [0.2, 0.25) is 5.02 Å². The minimum absolute atomic E-state index is 0.0563. The fourth-order valence-corrected chi connectivity index (χ4v) is 4.43. The van der Waals surface area contributed by atoms with E-state index in [1.165, 1.54) is 16.9 Å². The molecule has 0 aliphatic heterocycles. The van der Waals surface area contributed by atoms with E-state index >= 15 is 0 Å². The van der Waals surface area contributed by atoms with Crippen LogP contribution < -0.4 is 5.56 Å². The van der Waals surface area contributed by atoms with Crippen LogP contribution in [0.1, 0.15) is 23.7 Å². The summed E-state index contributed by atoms with van der Waals surface area (Å²) in [6.07, 6.45) is 4.13. The normalized spacial score (nSPS) is 12.7. The summed E-state index contributed by atoms with van der Waals surface area (Å²) in [5, 5.41) is 9.00. The van der Waals surface area contributed by atoms with Crippen LogP contribution in [-0.4, -0.2) is 45.8 Å². The van der Waals surface area contributed by atoms with Crippen molar-refractivity contribution >= 4 is 27.2 Å². The number of ketones is 1. The number of nitrogens with zero attached hydrogens (tertiary/aromatic N) is 4. The van der Waals surface area contributed by atoms with E-state index < -0.39 is 27.1 Å². The maximum atomic E-state index is 13.0. The lowest BCUT2D eigenvalue weighted by molar-refractivity contribution is 0.0966. The number of benzene rings is 1. The van der Waals surface area contributed by atoms with Crippen molar-refractivity contribution in [3.05, 3.63) is 63.7 Å². The third kappa shape index (κ3) is 5.22. The van der Waals surface area contributed by atoms with Crippen molar-refractivity contribution in [3.63, 3.8) is 0 Å². The molecule has 8 nitrogen and oxygen atoms in total. The number of aromatic nitrogens is 4. The van der Waals surface area contributed by atoms with Crippen LogP contribution in [0.15, 0.2) is 47.5 Å². The van der Waals surface area contributed by atoms with Gasteiger partial charge < -0.3 is 0 Å². The highest BCUT2D eigenvalue weighted by atomic mass is 35.5. The summed E-state index contributed by atoms with van der Waals surface area (Å²) < 4.78 is 25.7. The number of rotatable bonds is 7. The van der Waals surface area contributed by atoms with Crippen LogP contribution in [-0.2, 0) is 16.9 Å². The standard InChI is InChI=1S/C20H21ClN4O4S/c1-13(12-30(3,28)29)8-19(26)17-9-18(14-4-6-15(21)7-5-14)23-25(20(17)27)16-10-22-24(2)11-16/h4-7,9-11,13H,8,12H2,1-3H3/t13-/m1/s1. The number of hydrogen-bond acceptors (Lipinski definition) is 6. The highest BCUT2D eigenvalue weighted by Gasteiger charge is 2.21. The van der Waals surface area contributed by atoms with Gasteiger partial charge in [0.15, 0.2) is 5.78 Å². The number of halogens is 1. The lowest BCUT2D eigenvalue weighted by Crippen LogP contribution is -2.29. The van der Waals surface area contributed by atoms with Crippen LogP contribution in [0.25, 0.3) is 16.9 Å². The maximum Gasteiger partial charge on any atom is 0.282 e. The molecule has 0 radical (unpaired) electrons. The van der Waals surface area contributed by atoms with Gasteiger partial charge in [0.2, 0.25) is 0 Å². The molecule has 158 valence electrons. The van der Waals surface area contributed by atoms with E-state index in [9.17, 15) is 18.0 Å². The van der Waals surface area contributed by atoms with Crippen molar-refractivity contribution in [1.82, 2.24) is 19.6 Å². The summed E-state index contributed by atoms with van der Waals surface area (Å²) in [7, 11) is -1.53. The van der Waals surface area contributed by atoms with Gasteiger partial charge in [0.05, 0.1) is 29.4 Å². The van der Waals surface area contributed by atoms with Crippen LogP contribution in [0, 0.1) is 5.92 Å². The lowest BCUT2D eigenvalue weighted by Gasteiger charge is -2.12. The second-order valence-corrected chi connectivity index (χ2v) is 9.99. The van der Waals surface area contributed by atoms with Crippen molar-refractivity contribution < 1.29 is 13.2 Å². The highest BCUT2D eigenvalue weighted by Crippen LogP contribution is 2.21. The maximum absolute atomic E-state index is 13.0. The van der Waals surface area contributed by atoms with E-state index in [0.717, 1.165) is 10.9 Å². The third-order valence-corrected chi connectivity index (χ3v) is 5.84. The van der Waals surface area contributed by atoms with Crippen LogP contribution in [0.5, 0.6) is 0 Å². The first-order valence-corrected chi connectivity index (χ1v) is 11.6. The molecule has 0 fully saturated rings. The fraction of sp³-hybridized carbons (Fsp3) is 0.300. The number of hydrogen-bond donors (Lipinski definition) is 0. The number of carbonyl (C=O) groups is 1. The van der Waals surface area contributed by atoms with E-state index in [0.29, 0.717) is 22.0 Å². The van der Waals surface area contributed by atoms with E-state index in [4.69, 9.17) is 11.6 Å². The molecule has 1 aromatic carbocycles. The molecular weight excluding hydrogens is 428 g/mol. The number of aryl methyl sites for hydroxylation is 1. The molecule has 0 spiro atoms. The van der Waals surface area contributed by atoms with Gasteiger partial charge in [0, 0.05) is 30.3 Å².